The van der Waals surface area contributed by atoms with Crippen molar-refractivity contribution in [2.75, 3.05) is 13.1 Å². The van der Waals surface area contributed by atoms with Crippen LogP contribution in [0.5, 0.6) is 0 Å². The molecule has 0 unspecified atom stereocenters. The third-order valence-electron chi connectivity index (χ3n) is 4.84. The van der Waals surface area contributed by atoms with Crippen LogP contribution in [-0.2, 0) is 19.3 Å². The highest BCUT2D eigenvalue weighted by atomic mass is 19.1. The van der Waals surface area contributed by atoms with Crippen LogP contribution in [0.4, 0.5) is 4.39 Å². The molecule has 4 rings (SSSR count). The average molecular weight is 284 g/mol. The molecule has 110 valence electrons. The zero-order chi connectivity index (χ0) is 14.4. The van der Waals surface area contributed by atoms with Gasteiger partial charge in [-0.3, -0.25) is 4.98 Å². The number of nitrogens with zero attached hydrogens (tertiary/aromatic N) is 1. The van der Waals surface area contributed by atoms with Gasteiger partial charge in [0.15, 0.2) is 0 Å². The molecule has 3 heteroatoms. The molecule has 0 amide bonds. The average Bonchev–Trinajstić information content (AvgIpc) is 3.31. The molecule has 0 bridgehead atoms. The first-order valence-electron chi connectivity index (χ1n) is 8.12. The third kappa shape index (κ3) is 2.24. The molecule has 0 radical (unpaired) electrons. The van der Waals surface area contributed by atoms with Gasteiger partial charge in [-0.1, -0.05) is 6.92 Å². The minimum Gasteiger partial charge on any atom is -0.316 e. The van der Waals surface area contributed by atoms with Crippen LogP contribution < -0.4 is 5.32 Å². The van der Waals surface area contributed by atoms with Gasteiger partial charge in [-0.05, 0) is 67.0 Å². The fraction of sp³-hybridized carbons (Fsp3) is 0.500. The maximum atomic E-state index is 14.4. The molecule has 1 N–H and O–H groups in total. The van der Waals surface area contributed by atoms with Crippen molar-refractivity contribution in [3.05, 3.63) is 40.3 Å². The number of benzene rings is 1. The van der Waals surface area contributed by atoms with E-state index >= 15 is 0 Å². The molecule has 0 atom stereocenters. The van der Waals surface area contributed by atoms with Gasteiger partial charge in [0.2, 0.25) is 0 Å². The van der Waals surface area contributed by atoms with E-state index < -0.39 is 0 Å². The minimum atomic E-state index is -0.0413. The van der Waals surface area contributed by atoms with Crippen LogP contribution in [0.3, 0.4) is 0 Å². The number of aryl methyl sites for hydroxylation is 1. The van der Waals surface area contributed by atoms with Gasteiger partial charge >= 0.3 is 0 Å². The Morgan fingerprint density at radius 3 is 2.81 bits per heavy atom. The van der Waals surface area contributed by atoms with Gasteiger partial charge in [0.05, 0.1) is 5.52 Å². The van der Waals surface area contributed by atoms with Crippen molar-refractivity contribution in [3.63, 3.8) is 0 Å². The van der Waals surface area contributed by atoms with Crippen molar-refractivity contribution in [2.24, 2.45) is 0 Å². The molecule has 1 saturated carbocycles. The van der Waals surface area contributed by atoms with E-state index in [2.05, 4.69) is 11.4 Å². The third-order valence-corrected chi connectivity index (χ3v) is 4.84. The quantitative estimate of drug-likeness (QED) is 0.913. The van der Waals surface area contributed by atoms with E-state index in [9.17, 15) is 4.39 Å². The van der Waals surface area contributed by atoms with E-state index in [4.69, 9.17) is 4.98 Å². The highest BCUT2D eigenvalue weighted by Crippen LogP contribution is 2.44. The lowest BCUT2D eigenvalue weighted by Gasteiger charge is -2.14. The summed E-state index contributed by atoms with van der Waals surface area (Å²) >= 11 is 0. The SMILES string of the molecule is CCc1c(F)cc(C2CC2)c2nc3c(cc12)CCNCC3. The normalized spacial score (nSPS) is 18.6. The Labute approximate surface area is 124 Å². The number of pyridine rings is 1. The number of hydrogen-bond donors (Lipinski definition) is 1. The molecular formula is C18H21FN2. The van der Waals surface area contributed by atoms with Crippen LogP contribution in [0.15, 0.2) is 12.1 Å². The van der Waals surface area contributed by atoms with Crippen molar-refractivity contribution < 1.29 is 4.39 Å². The van der Waals surface area contributed by atoms with E-state index in [0.717, 1.165) is 54.4 Å². The van der Waals surface area contributed by atoms with Crippen LogP contribution in [0.1, 0.15) is 48.1 Å². The second-order valence-corrected chi connectivity index (χ2v) is 6.29. The summed E-state index contributed by atoms with van der Waals surface area (Å²) in [4.78, 5) is 4.98. The van der Waals surface area contributed by atoms with Crippen molar-refractivity contribution in [1.29, 1.82) is 0 Å². The summed E-state index contributed by atoms with van der Waals surface area (Å²) in [5, 5.41) is 4.48. The molecule has 2 aromatic rings. The first-order valence-corrected chi connectivity index (χ1v) is 8.12. The standard InChI is InChI=1S/C18H21FN2/c1-2-13-15-9-12-5-7-20-8-6-17(12)21-18(15)14(10-16(13)19)11-3-4-11/h9-11,20H,2-8H2,1H3. The molecule has 1 fully saturated rings. The summed E-state index contributed by atoms with van der Waals surface area (Å²) in [6.45, 7) is 4.01. The molecule has 1 aliphatic heterocycles. The highest BCUT2D eigenvalue weighted by Gasteiger charge is 2.28. The largest absolute Gasteiger partial charge is 0.316 e. The number of aromatic nitrogens is 1. The summed E-state index contributed by atoms with van der Waals surface area (Å²) in [7, 11) is 0. The number of halogens is 1. The number of rotatable bonds is 2. The molecule has 2 aliphatic rings. The lowest BCUT2D eigenvalue weighted by molar-refractivity contribution is 0.613. The van der Waals surface area contributed by atoms with Crippen LogP contribution in [0.2, 0.25) is 0 Å². The van der Waals surface area contributed by atoms with E-state index in [-0.39, 0.29) is 5.82 Å². The Kier molecular flexibility index (Phi) is 3.18. The summed E-state index contributed by atoms with van der Waals surface area (Å²) in [5.41, 5.74) is 5.55. The van der Waals surface area contributed by atoms with Gasteiger partial charge in [0.25, 0.3) is 0 Å². The van der Waals surface area contributed by atoms with Crippen LogP contribution in [-0.4, -0.2) is 18.1 Å². The summed E-state index contributed by atoms with van der Waals surface area (Å²) in [6, 6.07) is 3.98. The van der Waals surface area contributed by atoms with Gasteiger partial charge < -0.3 is 5.32 Å². The van der Waals surface area contributed by atoms with Gasteiger partial charge in [-0.25, -0.2) is 4.39 Å². The first kappa shape index (κ1) is 13.2. The Balaban J connectivity index is 2.00. The molecule has 2 heterocycles. The summed E-state index contributed by atoms with van der Waals surface area (Å²) in [5.74, 6) is 0.489. The summed E-state index contributed by atoms with van der Waals surface area (Å²) < 4.78 is 14.4. The van der Waals surface area contributed by atoms with Gasteiger partial charge in [-0.15, -0.1) is 0 Å². The predicted octanol–water partition coefficient (Wildman–Crippen LogP) is 3.50. The molecular weight excluding hydrogens is 263 g/mol. The van der Waals surface area contributed by atoms with Crippen LogP contribution >= 0.6 is 0 Å². The second kappa shape index (κ2) is 5.06. The Hall–Kier alpha value is -1.48. The van der Waals surface area contributed by atoms with Crippen molar-refractivity contribution in [3.8, 4) is 0 Å². The van der Waals surface area contributed by atoms with E-state index in [1.807, 2.05) is 6.92 Å². The smallest absolute Gasteiger partial charge is 0.127 e. The molecule has 2 nitrogen and oxygen atoms in total. The van der Waals surface area contributed by atoms with Crippen LogP contribution in [0.25, 0.3) is 10.9 Å². The summed E-state index contributed by atoms with van der Waals surface area (Å²) in [6.07, 6.45) is 5.07. The van der Waals surface area contributed by atoms with Crippen LogP contribution in [0, 0.1) is 5.82 Å². The molecule has 1 aliphatic carbocycles. The van der Waals surface area contributed by atoms with Gasteiger partial charge in [-0.2, -0.15) is 0 Å². The van der Waals surface area contributed by atoms with Crippen molar-refractivity contribution >= 4 is 10.9 Å². The number of nitrogens with one attached hydrogen (secondary N) is 1. The monoisotopic (exact) mass is 284 g/mol. The fourth-order valence-electron chi connectivity index (χ4n) is 3.52. The molecule has 0 saturated heterocycles. The zero-order valence-corrected chi connectivity index (χ0v) is 12.5. The molecule has 0 spiro atoms. The lowest BCUT2D eigenvalue weighted by atomic mass is 9.95. The fourth-order valence-corrected chi connectivity index (χ4v) is 3.52. The first-order chi connectivity index (χ1) is 10.3. The van der Waals surface area contributed by atoms with Crippen molar-refractivity contribution in [2.45, 2.75) is 44.9 Å². The zero-order valence-electron chi connectivity index (χ0n) is 12.5. The topological polar surface area (TPSA) is 24.9 Å². The number of hydrogen-bond acceptors (Lipinski definition) is 2. The Morgan fingerprint density at radius 2 is 2.05 bits per heavy atom. The highest BCUT2D eigenvalue weighted by molar-refractivity contribution is 5.87. The van der Waals surface area contributed by atoms with E-state index in [1.54, 1.807) is 6.07 Å². The maximum Gasteiger partial charge on any atom is 0.127 e. The number of fused-ring (bicyclic) bond motifs is 2. The van der Waals surface area contributed by atoms with Gasteiger partial charge in [0, 0.05) is 24.0 Å². The van der Waals surface area contributed by atoms with E-state index in [0.29, 0.717) is 5.92 Å². The van der Waals surface area contributed by atoms with Crippen molar-refractivity contribution in [1.82, 2.24) is 10.3 Å². The second-order valence-electron chi connectivity index (χ2n) is 6.29. The predicted molar refractivity (Wildman–Crippen MR) is 83.3 cm³/mol. The Morgan fingerprint density at radius 1 is 1.24 bits per heavy atom. The maximum absolute atomic E-state index is 14.4. The minimum absolute atomic E-state index is 0.0413. The molecule has 1 aromatic carbocycles. The molecule has 1 aromatic heterocycles. The van der Waals surface area contributed by atoms with E-state index in [1.165, 1.54) is 24.1 Å². The molecule has 21 heavy (non-hydrogen) atoms. The lowest BCUT2D eigenvalue weighted by Crippen LogP contribution is -2.16. The van der Waals surface area contributed by atoms with Gasteiger partial charge in [0.1, 0.15) is 5.82 Å². The Bertz CT molecular complexity index is 704.